The van der Waals surface area contributed by atoms with Crippen LogP contribution < -0.4 is 4.74 Å². The number of hydrogen-bond donors (Lipinski definition) is 2. The average Bonchev–Trinajstić information content (AvgIpc) is 2.79. The van der Waals surface area contributed by atoms with Gasteiger partial charge in [0, 0.05) is 22.6 Å². The summed E-state index contributed by atoms with van der Waals surface area (Å²) in [6.07, 6.45) is 4.11. The first-order valence-corrected chi connectivity index (χ1v) is 11.8. The summed E-state index contributed by atoms with van der Waals surface area (Å²) < 4.78 is 18.9. The molecule has 2 aromatic carbocycles. The third-order valence-electron chi connectivity index (χ3n) is 4.65. The molecule has 0 aliphatic rings. The van der Waals surface area contributed by atoms with Crippen LogP contribution in [-0.2, 0) is 26.8 Å². The summed E-state index contributed by atoms with van der Waals surface area (Å²) in [6.45, 7) is 3.05. The van der Waals surface area contributed by atoms with Gasteiger partial charge in [0.15, 0.2) is 0 Å². The molecule has 0 saturated heterocycles. The lowest BCUT2D eigenvalue weighted by Gasteiger charge is -2.21. The largest absolute Gasteiger partial charge is 0.496 e. The molecular weight excluding hydrogens is 442 g/mol. The van der Waals surface area contributed by atoms with Crippen LogP contribution in [0.5, 0.6) is 5.75 Å². The van der Waals surface area contributed by atoms with Crippen molar-refractivity contribution in [2.24, 2.45) is 0 Å². The molecule has 2 N–H and O–H groups in total. The molecule has 0 heterocycles. The van der Waals surface area contributed by atoms with Crippen LogP contribution in [0.15, 0.2) is 65.6 Å². The Hall–Kier alpha value is -2.97. The maximum Gasteiger partial charge on any atom is 0.328 e. The second-order valence-electron chi connectivity index (χ2n) is 7.52. The summed E-state index contributed by atoms with van der Waals surface area (Å²) in [5, 5.41) is 15.5. The van der Waals surface area contributed by atoms with Gasteiger partial charge < -0.3 is 19.8 Å². The molecule has 0 saturated carbocycles. The summed E-state index contributed by atoms with van der Waals surface area (Å²) in [6, 6.07) is 16.1. The predicted molar refractivity (Wildman–Crippen MR) is 130 cm³/mol. The number of aliphatic carboxylic acids is 2. The minimum atomic E-state index is -1.26. The molecule has 180 valence electrons. The highest BCUT2D eigenvalue weighted by Gasteiger charge is 2.23. The van der Waals surface area contributed by atoms with Gasteiger partial charge in [-0.25, -0.2) is 9.59 Å². The predicted octanol–water partition coefficient (Wildman–Crippen LogP) is 4.16. The van der Waals surface area contributed by atoms with E-state index < -0.39 is 22.7 Å². The van der Waals surface area contributed by atoms with Crippen LogP contribution in [0.1, 0.15) is 36.1 Å². The molecule has 0 bridgehead atoms. The maximum absolute atomic E-state index is 13.3. The summed E-state index contributed by atoms with van der Waals surface area (Å²) in [5.74, 6) is -1.71. The highest BCUT2D eigenvalue weighted by molar-refractivity contribution is 7.85. The molecule has 7 nitrogen and oxygen atoms in total. The van der Waals surface area contributed by atoms with E-state index in [1.807, 2.05) is 50.5 Å². The third-order valence-corrected chi connectivity index (χ3v) is 6.39. The molecular formula is C25H33NO6S. The summed E-state index contributed by atoms with van der Waals surface area (Å²) in [5.41, 5.74) is 2.31. The average molecular weight is 476 g/mol. The van der Waals surface area contributed by atoms with E-state index in [9.17, 15) is 13.8 Å². The molecule has 0 radical (unpaired) electrons. The first-order valence-electron chi connectivity index (χ1n) is 10.6. The maximum atomic E-state index is 13.3. The normalized spacial score (nSPS) is 12.6. The molecule has 0 spiro atoms. The third kappa shape index (κ3) is 10.5. The van der Waals surface area contributed by atoms with Gasteiger partial charge in [-0.15, -0.1) is 0 Å². The second-order valence-corrected chi connectivity index (χ2v) is 9.16. The van der Waals surface area contributed by atoms with Gasteiger partial charge in [-0.3, -0.25) is 4.21 Å². The molecule has 0 aromatic heterocycles. The van der Waals surface area contributed by atoms with Gasteiger partial charge in [0.1, 0.15) is 5.75 Å². The Morgan fingerprint density at radius 2 is 1.61 bits per heavy atom. The van der Waals surface area contributed by atoms with Crippen molar-refractivity contribution in [2.45, 2.75) is 36.3 Å². The molecule has 0 fully saturated rings. The number of hydrogen-bond acceptors (Lipinski definition) is 5. The van der Waals surface area contributed by atoms with Crippen molar-refractivity contribution in [3.63, 3.8) is 0 Å². The quantitative estimate of drug-likeness (QED) is 0.470. The van der Waals surface area contributed by atoms with Crippen LogP contribution in [0.4, 0.5) is 0 Å². The van der Waals surface area contributed by atoms with E-state index in [1.54, 1.807) is 7.11 Å². The Morgan fingerprint density at radius 1 is 1.03 bits per heavy atom. The van der Waals surface area contributed by atoms with Gasteiger partial charge in [0.2, 0.25) is 0 Å². The van der Waals surface area contributed by atoms with Crippen LogP contribution in [0.3, 0.4) is 0 Å². The Morgan fingerprint density at radius 3 is 2.09 bits per heavy atom. The smallest absolute Gasteiger partial charge is 0.328 e. The number of para-hydroxylation sites is 1. The SMILES string of the molecule is CCCc1ccc(S(=O)C(CCN(C)C)c2ccccc2OC)cc1.O=C(O)/C=C\C(=O)O. The lowest BCUT2D eigenvalue weighted by molar-refractivity contribution is -0.134. The summed E-state index contributed by atoms with van der Waals surface area (Å²) >= 11 is 0. The van der Waals surface area contributed by atoms with Gasteiger partial charge in [0.05, 0.1) is 23.2 Å². The van der Waals surface area contributed by atoms with Crippen molar-refractivity contribution in [3.8, 4) is 5.75 Å². The molecule has 8 heteroatoms. The van der Waals surface area contributed by atoms with Gasteiger partial charge in [0.25, 0.3) is 0 Å². The summed E-state index contributed by atoms with van der Waals surface area (Å²) in [4.78, 5) is 22.1. The van der Waals surface area contributed by atoms with Gasteiger partial charge >= 0.3 is 11.9 Å². The van der Waals surface area contributed by atoms with E-state index in [0.29, 0.717) is 12.2 Å². The molecule has 2 rings (SSSR count). The second kappa shape index (κ2) is 15.0. The Kier molecular flexibility index (Phi) is 12.7. The number of aryl methyl sites for hydroxylation is 1. The van der Waals surface area contributed by atoms with Crippen LogP contribution in [0.2, 0.25) is 0 Å². The standard InChI is InChI=1S/C21H29NO2S.C4H4O4/c1-5-8-17-11-13-18(14-12-17)25(23)21(15-16-22(2)3)19-9-6-7-10-20(19)24-4;5-3(6)1-2-4(7)8/h6-7,9-14,21H,5,8,15-16H2,1-4H3;1-2H,(H,5,6)(H,7,8)/b;2-1-. The lowest BCUT2D eigenvalue weighted by atomic mass is 10.1. The van der Waals surface area contributed by atoms with Crippen LogP contribution in [0, 0.1) is 0 Å². The Labute approximate surface area is 198 Å². The van der Waals surface area contributed by atoms with Crippen molar-refractivity contribution < 1.29 is 28.7 Å². The number of carboxylic acid groups (broad SMARTS) is 2. The lowest BCUT2D eigenvalue weighted by Crippen LogP contribution is -2.18. The zero-order valence-corrected chi connectivity index (χ0v) is 20.4. The topological polar surface area (TPSA) is 104 Å². The minimum Gasteiger partial charge on any atom is -0.496 e. The Bertz CT molecular complexity index is 924. The number of nitrogens with zero attached hydrogens (tertiary/aromatic N) is 1. The summed E-state index contributed by atoms with van der Waals surface area (Å²) in [7, 11) is 4.64. The first-order chi connectivity index (χ1) is 15.7. The first kappa shape index (κ1) is 28.1. The highest BCUT2D eigenvalue weighted by atomic mass is 32.2. The molecule has 0 amide bonds. The molecule has 2 aromatic rings. The van der Waals surface area contributed by atoms with Crippen molar-refractivity contribution in [2.75, 3.05) is 27.7 Å². The highest BCUT2D eigenvalue weighted by Crippen LogP contribution is 2.34. The van der Waals surface area contributed by atoms with Gasteiger partial charge in [-0.05, 0) is 57.2 Å². The molecule has 2 unspecified atom stereocenters. The number of benzene rings is 2. The van der Waals surface area contributed by atoms with Crippen molar-refractivity contribution >= 4 is 22.7 Å². The van der Waals surface area contributed by atoms with Crippen LogP contribution in [0.25, 0.3) is 0 Å². The number of ether oxygens (including phenoxy) is 1. The van der Waals surface area contributed by atoms with E-state index >= 15 is 0 Å². The zero-order valence-electron chi connectivity index (χ0n) is 19.6. The van der Waals surface area contributed by atoms with Crippen molar-refractivity contribution in [1.82, 2.24) is 4.90 Å². The van der Waals surface area contributed by atoms with Crippen molar-refractivity contribution in [1.29, 1.82) is 0 Å². The van der Waals surface area contributed by atoms with Crippen molar-refractivity contribution in [3.05, 3.63) is 71.8 Å². The molecule has 0 aliphatic heterocycles. The van der Waals surface area contributed by atoms with E-state index in [-0.39, 0.29) is 5.25 Å². The fourth-order valence-corrected chi connectivity index (χ4v) is 4.55. The van der Waals surface area contributed by atoms with E-state index in [1.165, 1.54) is 5.56 Å². The van der Waals surface area contributed by atoms with Gasteiger partial charge in [-0.1, -0.05) is 43.7 Å². The molecule has 2 atom stereocenters. The molecule has 33 heavy (non-hydrogen) atoms. The number of methoxy groups -OCH3 is 1. The number of carboxylic acids is 2. The van der Waals surface area contributed by atoms with Crippen LogP contribution in [-0.4, -0.2) is 59.0 Å². The monoisotopic (exact) mass is 475 g/mol. The number of rotatable bonds is 11. The van der Waals surface area contributed by atoms with E-state index in [2.05, 4.69) is 24.0 Å². The molecule has 0 aliphatic carbocycles. The van der Waals surface area contributed by atoms with Crippen LogP contribution >= 0.6 is 0 Å². The zero-order chi connectivity index (χ0) is 24.8. The number of carbonyl (C=O) groups is 2. The fourth-order valence-electron chi connectivity index (χ4n) is 3.07. The minimum absolute atomic E-state index is 0.0874. The fraction of sp³-hybridized carbons (Fsp3) is 0.360. The van der Waals surface area contributed by atoms with E-state index in [0.717, 1.165) is 42.0 Å². The van der Waals surface area contributed by atoms with Gasteiger partial charge in [-0.2, -0.15) is 0 Å². The van der Waals surface area contributed by atoms with E-state index in [4.69, 9.17) is 14.9 Å². The Balaban J connectivity index is 0.000000582.